The molecular formula is C22H28N4O2. The summed E-state index contributed by atoms with van der Waals surface area (Å²) in [5.41, 5.74) is 1.74. The van der Waals surface area contributed by atoms with Crippen LogP contribution >= 0.6 is 0 Å². The molecule has 2 aromatic rings. The fraction of sp³-hybridized carbons (Fsp3) is 0.409. The second-order valence-electron chi connectivity index (χ2n) is 8.08. The highest BCUT2D eigenvalue weighted by atomic mass is 16.2. The fourth-order valence-electron chi connectivity index (χ4n) is 3.42. The molecule has 1 aliphatic heterocycles. The molecule has 0 atom stereocenters. The average Bonchev–Trinajstić information content (AvgIpc) is 2.68. The van der Waals surface area contributed by atoms with Gasteiger partial charge in [-0.15, -0.1) is 0 Å². The average molecular weight is 380 g/mol. The third-order valence-electron chi connectivity index (χ3n) is 4.93. The maximum Gasteiger partial charge on any atom is 0.233 e. The lowest BCUT2D eigenvalue weighted by Gasteiger charge is -2.35. The summed E-state index contributed by atoms with van der Waals surface area (Å²) in [5, 5.41) is 2.91. The first-order valence-corrected chi connectivity index (χ1v) is 9.68. The van der Waals surface area contributed by atoms with Crippen LogP contribution in [0.25, 0.3) is 0 Å². The van der Waals surface area contributed by atoms with E-state index in [1.54, 1.807) is 11.1 Å². The molecule has 0 saturated carbocycles. The van der Waals surface area contributed by atoms with Crippen LogP contribution in [-0.2, 0) is 15.0 Å². The van der Waals surface area contributed by atoms with Crippen molar-refractivity contribution < 1.29 is 9.59 Å². The molecule has 0 radical (unpaired) electrons. The lowest BCUT2D eigenvalue weighted by Crippen LogP contribution is -2.49. The number of rotatable bonds is 4. The normalized spacial score (nSPS) is 14.7. The van der Waals surface area contributed by atoms with Crippen molar-refractivity contribution in [2.45, 2.75) is 32.6 Å². The number of amides is 2. The Morgan fingerprint density at radius 3 is 2.32 bits per heavy atom. The largest absolute Gasteiger partial charge is 0.353 e. The van der Waals surface area contributed by atoms with Gasteiger partial charge in [0.2, 0.25) is 11.8 Å². The molecule has 0 spiro atoms. The fourth-order valence-corrected chi connectivity index (χ4v) is 3.42. The Hall–Kier alpha value is -2.89. The number of benzene rings is 1. The first-order valence-electron chi connectivity index (χ1n) is 9.68. The van der Waals surface area contributed by atoms with Gasteiger partial charge in [-0.3, -0.25) is 9.59 Å². The van der Waals surface area contributed by atoms with Gasteiger partial charge in [0.15, 0.2) is 0 Å². The second kappa shape index (κ2) is 8.42. The van der Waals surface area contributed by atoms with Crippen LogP contribution < -0.4 is 10.2 Å². The number of hydrogen-bond donors (Lipinski definition) is 1. The second-order valence-corrected chi connectivity index (χ2v) is 8.08. The van der Waals surface area contributed by atoms with E-state index in [0.29, 0.717) is 13.1 Å². The molecule has 1 fully saturated rings. The van der Waals surface area contributed by atoms with Crippen molar-refractivity contribution in [2.75, 3.05) is 36.4 Å². The van der Waals surface area contributed by atoms with Crippen LogP contribution in [0.4, 0.5) is 11.5 Å². The first kappa shape index (κ1) is 19.9. The minimum absolute atomic E-state index is 0.0876. The Morgan fingerprint density at radius 1 is 1.00 bits per heavy atom. The number of pyridine rings is 1. The van der Waals surface area contributed by atoms with Gasteiger partial charge in [0.05, 0.1) is 0 Å². The van der Waals surface area contributed by atoms with Crippen molar-refractivity contribution in [3.05, 3.63) is 54.2 Å². The Balaban J connectivity index is 1.54. The number of aromatic nitrogens is 1. The summed E-state index contributed by atoms with van der Waals surface area (Å²) < 4.78 is 0. The zero-order valence-corrected chi connectivity index (χ0v) is 16.8. The minimum atomic E-state index is -0.270. The summed E-state index contributed by atoms with van der Waals surface area (Å²) in [4.78, 5) is 33.3. The molecule has 28 heavy (non-hydrogen) atoms. The predicted molar refractivity (Wildman–Crippen MR) is 111 cm³/mol. The SMILES string of the molecule is CC(C)(C)c1ccccc1NC(=O)CC(=O)N1CCN(c2ccccn2)CC1. The van der Waals surface area contributed by atoms with Gasteiger partial charge in [0, 0.05) is 38.1 Å². The third kappa shape index (κ3) is 4.88. The summed E-state index contributed by atoms with van der Waals surface area (Å²) in [7, 11) is 0. The summed E-state index contributed by atoms with van der Waals surface area (Å²) in [5.74, 6) is 0.520. The van der Waals surface area contributed by atoms with Gasteiger partial charge >= 0.3 is 0 Å². The number of piperazine rings is 1. The van der Waals surface area contributed by atoms with Crippen LogP contribution in [0, 0.1) is 0 Å². The van der Waals surface area contributed by atoms with Gasteiger partial charge < -0.3 is 15.1 Å². The van der Waals surface area contributed by atoms with Crippen molar-refractivity contribution in [1.29, 1.82) is 0 Å². The Morgan fingerprint density at radius 2 is 1.68 bits per heavy atom. The zero-order chi connectivity index (χ0) is 20.1. The lowest BCUT2D eigenvalue weighted by atomic mass is 9.86. The molecule has 1 N–H and O–H groups in total. The molecule has 148 valence electrons. The molecular weight excluding hydrogens is 352 g/mol. The van der Waals surface area contributed by atoms with E-state index in [1.807, 2.05) is 42.5 Å². The van der Waals surface area contributed by atoms with Crippen LogP contribution in [0.2, 0.25) is 0 Å². The van der Waals surface area contributed by atoms with Crippen molar-refractivity contribution in [2.24, 2.45) is 0 Å². The Bertz CT molecular complexity index is 822. The highest BCUT2D eigenvalue weighted by Crippen LogP contribution is 2.29. The van der Waals surface area contributed by atoms with E-state index in [0.717, 1.165) is 30.2 Å². The molecule has 3 rings (SSSR count). The molecule has 0 unspecified atom stereocenters. The van der Waals surface area contributed by atoms with E-state index in [9.17, 15) is 9.59 Å². The number of carbonyl (C=O) groups excluding carboxylic acids is 2. The molecule has 1 aromatic heterocycles. The topological polar surface area (TPSA) is 65.5 Å². The van der Waals surface area contributed by atoms with Crippen molar-refractivity contribution in [1.82, 2.24) is 9.88 Å². The molecule has 2 amide bonds. The summed E-state index contributed by atoms with van der Waals surface area (Å²) in [6.45, 7) is 8.94. The molecule has 6 heteroatoms. The van der Waals surface area contributed by atoms with Crippen LogP contribution in [0.1, 0.15) is 32.8 Å². The molecule has 2 heterocycles. The molecule has 0 bridgehead atoms. The third-order valence-corrected chi connectivity index (χ3v) is 4.93. The maximum atomic E-state index is 12.6. The highest BCUT2D eigenvalue weighted by Gasteiger charge is 2.24. The van der Waals surface area contributed by atoms with Crippen LogP contribution in [0.3, 0.4) is 0 Å². The monoisotopic (exact) mass is 380 g/mol. The number of nitrogens with one attached hydrogen (secondary N) is 1. The number of hydrogen-bond acceptors (Lipinski definition) is 4. The van der Waals surface area contributed by atoms with Gasteiger partial charge in [0.1, 0.15) is 12.2 Å². The number of nitrogens with zero attached hydrogens (tertiary/aromatic N) is 3. The van der Waals surface area contributed by atoms with Gasteiger partial charge in [-0.2, -0.15) is 0 Å². The molecule has 0 aliphatic carbocycles. The van der Waals surface area contributed by atoms with E-state index in [-0.39, 0.29) is 23.7 Å². The van der Waals surface area contributed by atoms with Crippen LogP contribution in [0.15, 0.2) is 48.7 Å². The van der Waals surface area contributed by atoms with Gasteiger partial charge in [-0.1, -0.05) is 45.0 Å². The summed E-state index contributed by atoms with van der Waals surface area (Å²) >= 11 is 0. The van der Waals surface area contributed by atoms with Crippen molar-refractivity contribution in [3.63, 3.8) is 0 Å². The van der Waals surface area contributed by atoms with Gasteiger partial charge in [-0.25, -0.2) is 4.98 Å². The first-order chi connectivity index (χ1) is 13.3. The number of anilines is 2. The molecule has 6 nitrogen and oxygen atoms in total. The van der Waals surface area contributed by atoms with Crippen LogP contribution in [0.5, 0.6) is 0 Å². The van der Waals surface area contributed by atoms with Crippen molar-refractivity contribution in [3.8, 4) is 0 Å². The molecule has 1 saturated heterocycles. The predicted octanol–water partition coefficient (Wildman–Crippen LogP) is 3.06. The summed E-state index contributed by atoms with van der Waals surface area (Å²) in [6.07, 6.45) is 1.63. The van der Waals surface area contributed by atoms with E-state index in [4.69, 9.17) is 0 Å². The molecule has 1 aliphatic rings. The lowest BCUT2D eigenvalue weighted by molar-refractivity contribution is -0.134. The van der Waals surface area contributed by atoms with E-state index in [1.165, 1.54) is 0 Å². The van der Waals surface area contributed by atoms with E-state index < -0.39 is 0 Å². The smallest absolute Gasteiger partial charge is 0.233 e. The Kier molecular flexibility index (Phi) is 5.97. The number of carbonyl (C=O) groups is 2. The van der Waals surface area contributed by atoms with E-state index >= 15 is 0 Å². The quantitative estimate of drug-likeness (QED) is 0.828. The number of para-hydroxylation sites is 1. The van der Waals surface area contributed by atoms with E-state index in [2.05, 4.69) is 36.0 Å². The van der Waals surface area contributed by atoms with Gasteiger partial charge in [-0.05, 0) is 29.2 Å². The molecule has 1 aromatic carbocycles. The highest BCUT2D eigenvalue weighted by molar-refractivity contribution is 6.04. The summed E-state index contributed by atoms with van der Waals surface area (Å²) in [6, 6.07) is 13.6. The Labute approximate surface area is 166 Å². The van der Waals surface area contributed by atoms with Crippen molar-refractivity contribution >= 4 is 23.3 Å². The van der Waals surface area contributed by atoms with Gasteiger partial charge in [0.25, 0.3) is 0 Å². The standard InChI is InChI=1S/C22H28N4O2/c1-22(2,3)17-8-4-5-9-18(17)24-20(27)16-21(28)26-14-12-25(13-15-26)19-10-6-7-11-23-19/h4-11H,12-16H2,1-3H3,(H,24,27). The minimum Gasteiger partial charge on any atom is -0.353 e. The maximum absolute atomic E-state index is 12.6. The van der Waals surface area contributed by atoms with Crippen LogP contribution in [-0.4, -0.2) is 47.9 Å². The zero-order valence-electron chi connectivity index (χ0n) is 16.8.